The van der Waals surface area contributed by atoms with E-state index in [4.69, 9.17) is 0 Å². The highest BCUT2D eigenvalue weighted by molar-refractivity contribution is 7.91. The first kappa shape index (κ1) is 13.9. The van der Waals surface area contributed by atoms with Crippen LogP contribution in [0.25, 0.3) is 0 Å². The van der Waals surface area contributed by atoms with Crippen LogP contribution in [0.1, 0.15) is 27.2 Å². The minimum atomic E-state index is -2.78. The van der Waals surface area contributed by atoms with Crippen molar-refractivity contribution < 1.29 is 13.5 Å². The predicted molar refractivity (Wildman–Crippen MR) is 65.1 cm³/mol. The molecule has 1 aliphatic rings. The molecule has 1 rings (SSSR count). The molecule has 2 atom stereocenters. The molecule has 4 nitrogen and oxygen atoms in total. The number of sulfone groups is 1. The van der Waals surface area contributed by atoms with Crippen molar-refractivity contribution in [3.63, 3.8) is 0 Å². The Bertz CT molecular complexity index is 322. The van der Waals surface area contributed by atoms with E-state index in [9.17, 15) is 13.5 Å². The van der Waals surface area contributed by atoms with E-state index in [0.29, 0.717) is 24.6 Å². The molecule has 0 saturated carbocycles. The monoisotopic (exact) mass is 249 g/mol. The molecule has 1 heterocycles. The van der Waals surface area contributed by atoms with Gasteiger partial charge in [0.15, 0.2) is 9.84 Å². The van der Waals surface area contributed by atoms with Crippen molar-refractivity contribution in [1.82, 2.24) is 5.32 Å². The molecular weight excluding hydrogens is 226 g/mol. The Hall–Kier alpha value is -0.130. The molecular formula is C11H23NO3S. The van der Waals surface area contributed by atoms with E-state index in [1.807, 2.05) is 13.8 Å². The normalized spacial score (nSPS) is 28.2. The summed E-state index contributed by atoms with van der Waals surface area (Å²) in [6.45, 7) is 6.95. The van der Waals surface area contributed by atoms with Crippen molar-refractivity contribution in [2.24, 2.45) is 11.8 Å². The second kappa shape index (κ2) is 5.02. The third-order valence-corrected chi connectivity index (χ3v) is 5.32. The first-order chi connectivity index (χ1) is 7.23. The first-order valence-corrected chi connectivity index (χ1v) is 7.68. The van der Waals surface area contributed by atoms with Crippen molar-refractivity contribution in [2.45, 2.75) is 32.8 Å². The molecule has 96 valence electrons. The van der Waals surface area contributed by atoms with Crippen LogP contribution in [0, 0.1) is 11.8 Å². The van der Waals surface area contributed by atoms with Gasteiger partial charge in [0.25, 0.3) is 0 Å². The SMILES string of the molecule is CC(C)C(C)(O)CNCC1CCS(=O)(=O)C1. The Kier molecular flexibility index (Phi) is 4.37. The minimum Gasteiger partial charge on any atom is -0.389 e. The molecule has 0 aromatic heterocycles. The Balaban J connectivity index is 2.27. The van der Waals surface area contributed by atoms with E-state index in [0.717, 1.165) is 6.42 Å². The van der Waals surface area contributed by atoms with E-state index in [1.165, 1.54) is 0 Å². The van der Waals surface area contributed by atoms with Gasteiger partial charge in [-0.1, -0.05) is 13.8 Å². The molecule has 5 heteroatoms. The molecule has 0 aliphatic carbocycles. The quantitative estimate of drug-likeness (QED) is 0.741. The summed E-state index contributed by atoms with van der Waals surface area (Å²) in [5.41, 5.74) is -0.725. The lowest BCUT2D eigenvalue weighted by molar-refractivity contribution is 0.0138. The summed E-state index contributed by atoms with van der Waals surface area (Å²) < 4.78 is 22.5. The van der Waals surface area contributed by atoms with Gasteiger partial charge in [0.1, 0.15) is 0 Å². The molecule has 1 saturated heterocycles. The Morgan fingerprint density at radius 1 is 1.50 bits per heavy atom. The van der Waals surface area contributed by atoms with Gasteiger partial charge in [0, 0.05) is 6.54 Å². The van der Waals surface area contributed by atoms with Crippen LogP contribution in [-0.2, 0) is 9.84 Å². The van der Waals surface area contributed by atoms with Gasteiger partial charge >= 0.3 is 0 Å². The average Bonchev–Trinajstić information content (AvgIpc) is 2.45. The van der Waals surface area contributed by atoms with Crippen LogP contribution in [0.2, 0.25) is 0 Å². The molecule has 0 bridgehead atoms. The minimum absolute atomic E-state index is 0.187. The zero-order chi connectivity index (χ0) is 12.4. The molecule has 0 radical (unpaired) electrons. The smallest absolute Gasteiger partial charge is 0.150 e. The van der Waals surface area contributed by atoms with Gasteiger partial charge in [-0.3, -0.25) is 0 Å². The second-order valence-electron chi connectivity index (χ2n) is 5.41. The van der Waals surface area contributed by atoms with E-state index >= 15 is 0 Å². The van der Waals surface area contributed by atoms with E-state index in [1.54, 1.807) is 6.92 Å². The molecule has 0 aromatic carbocycles. The Labute approximate surface area is 98.4 Å². The predicted octanol–water partition coefficient (Wildman–Crippen LogP) is 0.418. The maximum absolute atomic E-state index is 11.2. The van der Waals surface area contributed by atoms with E-state index in [2.05, 4.69) is 5.32 Å². The molecule has 2 unspecified atom stereocenters. The van der Waals surface area contributed by atoms with Crippen molar-refractivity contribution in [3.05, 3.63) is 0 Å². The molecule has 1 fully saturated rings. The maximum Gasteiger partial charge on any atom is 0.150 e. The van der Waals surface area contributed by atoms with E-state index < -0.39 is 15.4 Å². The number of aliphatic hydroxyl groups is 1. The van der Waals surface area contributed by atoms with Crippen LogP contribution in [0.15, 0.2) is 0 Å². The zero-order valence-corrected chi connectivity index (χ0v) is 11.2. The summed E-state index contributed by atoms with van der Waals surface area (Å²) in [6.07, 6.45) is 0.749. The van der Waals surface area contributed by atoms with Crippen LogP contribution in [0.3, 0.4) is 0 Å². The molecule has 0 aromatic rings. The number of nitrogens with one attached hydrogen (secondary N) is 1. The van der Waals surface area contributed by atoms with Crippen LogP contribution in [0.5, 0.6) is 0 Å². The number of hydrogen-bond acceptors (Lipinski definition) is 4. The van der Waals surface area contributed by atoms with Gasteiger partial charge in [0.2, 0.25) is 0 Å². The lowest BCUT2D eigenvalue weighted by Gasteiger charge is -2.28. The van der Waals surface area contributed by atoms with Crippen molar-refractivity contribution >= 4 is 9.84 Å². The summed E-state index contributed by atoms with van der Waals surface area (Å²) >= 11 is 0. The lowest BCUT2D eigenvalue weighted by Crippen LogP contribution is -2.43. The molecule has 1 aliphatic heterocycles. The highest BCUT2D eigenvalue weighted by atomic mass is 32.2. The largest absolute Gasteiger partial charge is 0.389 e. The summed E-state index contributed by atoms with van der Waals surface area (Å²) in [6, 6.07) is 0. The van der Waals surface area contributed by atoms with Crippen LogP contribution >= 0.6 is 0 Å². The van der Waals surface area contributed by atoms with Crippen molar-refractivity contribution in [2.75, 3.05) is 24.6 Å². The molecule has 0 amide bonds. The van der Waals surface area contributed by atoms with Crippen LogP contribution in [0.4, 0.5) is 0 Å². The highest BCUT2D eigenvalue weighted by Crippen LogP contribution is 2.18. The average molecular weight is 249 g/mol. The van der Waals surface area contributed by atoms with Gasteiger partial charge in [-0.2, -0.15) is 0 Å². The fourth-order valence-electron chi connectivity index (χ4n) is 1.77. The standard InChI is InChI=1S/C11H23NO3S/c1-9(2)11(3,13)8-12-6-10-4-5-16(14,15)7-10/h9-10,12-13H,4-8H2,1-3H3. The van der Waals surface area contributed by atoms with Gasteiger partial charge < -0.3 is 10.4 Å². The summed E-state index contributed by atoms with van der Waals surface area (Å²) in [5.74, 6) is 1.02. The fourth-order valence-corrected chi connectivity index (χ4v) is 3.63. The Morgan fingerprint density at radius 2 is 2.12 bits per heavy atom. The van der Waals surface area contributed by atoms with Crippen LogP contribution in [-0.4, -0.2) is 43.7 Å². The third-order valence-electron chi connectivity index (χ3n) is 3.49. The fraction of sp³-hybridized carbons (Fsp3) is 1.00. The highest BCUT2D eigenvalue weighted by Gasteiger charge is 2.29. The van der Waals surface area contributed by atoms with Crippen molar-refractivity contribution in [3.8, 4) is 0 Å². The maximum atomic E-state index is 11.2. The van der Waals surface area contributed by atoms with Gasteiger partial charge in [0.05, 0.1) is 17.1 Å². The summed E-state index contributed by atoms with van der Waals surface area (Å²) in [7, 11) is -2.78. The Morgan fingerprint density at radius 3 is 2.56 bits per heavy atom. The third kappa shape index (κ3) is 4.03. The van der Waals surface area contributed by atoms with Gasteiger partial charge in [-0.15, -0.1) is 0 Å². The zero-order valence-electron chi connectivity index (χ0n) is 10.4. The molecule has 0 spiro atoms. The number of hydrogen-bond donors (Lipinski definition) is 2. The topological polar surface area (TPSA) is 66.4 Å². The first-order valence-electron chi connectivity index (χ1n) is 5.86. The molecule has 2 N–H and O–H groups in total. The van der Waals surface area contributed by atoms with Crippen LogP contribution < -0.4 is 5.32 Å². The van der Waals surface area contributed by atoms with Gasteiger partial charge in [-0.25, -0.2) is 8.42 Å². The summed E-state index contributed by atoms with van der Waals surface area (Å²) in [4.78, 5) is 0. The summed E-state index contributed by atoms with van der Waals surface area (Å²) in [5, 5.41) is 13.2. The van der Waals surface area contributed by atoms with Gasteiger partial charge in [-0.05, 0) is 31.7 Å². The molecule has 16 heavy (non-hydrogen) atoms. The number of rotatable bonds is 5. The van der Waals surface area contributed by atoms with E-state index in [-0.39, 0.29) is 11.8 Å². The lowest BCUT2D eigenvalue weighted by atomic mass is 9.92. The second-order valence-corrected chi connectivity index (χ2v) is 7.64. The van der Waals surface area contributed by atoms with Crippen molar-refractivity contribution in [1.29, 1.82) is 0 Å².